The molecule has 2 aromatic carbocycles. The molecule has 39 heavy (non-hydrogen) atoms. The molecule has 3 atom stereocenters. The van der Waals surface area contributed by atoms with Crippen LogP contribution in [0.3, 0.4) is 0 Å². The lowest BCUT2D eigenvalue weighted by Crippen LogP contribution is -2.60. The molecule has 1 fully saturated rings. The Balaban J connectivity index is 1.65. The predicted octanol–water partition coefficient (Wildman–Crippen LogP) is 2.33. The van der Waals surface area contributed by atoms with Crippen LogP contribution in [0.1, 0.15) is 30.9 Å². The first kappa shape index (κ1) is 28.3. The number of likely N-dealkylation sites (tertiary alicyclic amines) is 1. The molecule has 1 aromatic heterocycles. The normalized spacial score (nSPS) is 19.1. The van der Waals surface area contributed by atoms with Crippen molar-refractivity contribution in [2.75, 3.05) is 34.2 Å². The molecule has 0 saturated carbocycles. The molecule has 0 aliphatic carbocycles. The van der Waals surface area contributed by atoms with Crippen molar-refractivity contribution >= 4 is 28.6 Å². The van der Waals surface area contributed by atoms with Gasteiger partial charge in [0.1, 0.15) is 6.04 Å². The summed E-state index contributed by atoms with van der Waals surface area (Å²) in [7, 11) is 5.43. The maximum absolute atomic E-state index is 14.1. The molecule has 4 N–H and O–H groups in total. The number of aromatic amines is 1. The number of carbonyl (C=O) groups excluding carboxylic acids is 3. The molecular formula is C30H40N6O3. The molecule has 2 heterocycles. The second-order valence-electron chi connectivity index (χ2n) is 10.9. The highest BCUT2D eigenvalue weighted by molar-refractivity contribution is 5.92. The molecule has 208 valence electrons. The van der Waals surface area contributed by atoms with E-state index >= 15 is 0 Å². The van der Waals surface area contributed by atoms with Crippen LogP contribution in [-0.4, -0.2) is 83.9 Å². The summed E-state index contributed by atoms with van der Waals surface area (Å²) in [5.41, 5.74) is 8.02. The van der Waals surface area contributed by atoms with Crippen molar-refractivity contribution < 1.29 is 14.4 Å². The number of carbonyl (C=O) groups is 3. The van der Waals surface area contributed by atoms with Gasteiger partial charge in [-0.1, -0.05) is 48.5 Å². The van der Waals surface area contributed by atoms with Gasteiger partial charge in [0.2, 0.25) is 17.7 Å². The molecule has 9 heteroatoms. The standard InChI is InChI=1S/C30H40N6O3/c1-21(31)27(37)33-26(17-23-19-32-25-14-9-8-13-24(23)25)28(38)36-16-10-15-30(20-36,29(39)35(4)34(2)3)18-22-11-6-5-7-12-22/h5-9,11-14,19,21,26,32H,10,15-18,20,31H2,1-4H3,(H,33,37)/t21?,26-,30-/m1/s1. The third kappa shape index (κ3) is 6.32. The SMILES string of the molecule is CC(N)C(=O)N[C@H](Cc1c[nH]c2ccccc12)C(=O)N1CCC[C@](Cc2ccccc2)(C(=O)N(C)N(C)C)C1. The molecule has 0 radical (unpaired) electrons. The number of nitrogens with zero attached hydrogens (tertiary/aromatic N) is 3. The summed E-state index contributed by atoms with van der Waals surface area (Å²) in [5, 5.41) is 7.28. The summed E-state index contributed by atoms with van der Waals surface area (Å²) in [4.78, 5) is 45.7. The number of H-pyrrole nitrogens is 1. The van der Waals surface area contributed by atoms with Gasteiger partial charge in [0.05, 0.1) is 11.5 Å². The van der Waals surface area contributed by atoms with Gasteiger partial charge in [-0.15, -0.1) is 0 Å². The molecule has 9 nitrogen and oxygen atoms in total. The number of amides is 3. The molecule has 3 amide bonds. The minimum absolute atomic E-state index is 0.0263. The van der Waals surface area contributed by atoms with Crippen LogP contribution < -0.4 is 11.1 Å². The first-order chi connectivity index (χ1) is 18.6. The van der Waals surface area contributed by atoms with Gasteiger partial charge in [0.25, 0.3) is 0 Å². The number of fused-ring (bicyclic) bond motifs is 1. The number of nitrogens with one attached hydrogen (secondary N) is 2. The van der Waals surface area contributed by atoms with E-state index in [0.29, 0.717) is 32.2 Å². The first-order valence-corrected chi connectivity index (χ1v) is 13.5. The van der Waals surface area contributed by atoms with Gasteiger partial charge < -0.3 is 20.9 Å². The van der Waals surface area contributed by atoms with Gasteiger partial charge >= 0.3 is 0 Å². The zero-order valence-corrected chi connectivity index (χ0v) is 23.3. The number of piperidine rings is 1. The lowest BCUT2D eigenvalue weighted by molar-refractivity contribution is -0.159. The summed E-state index contributed by atoms with van der Waals surface area (Å²) in [6, 6.07) is 16.2. The smallest absolute Gasteiger partial charge is 0.245 e. The average Bonchev–Trinajstić information content (AvgIpc) is 3.34. The van der Waals surface area contributed by atoms with Crippen LogP contribution >= 0.6 is 0 Å². The van der Waals surface area contributed by atoms with Crippen molar-refractivity contribution in [3.8, 4) is 0 Å². The topological polar surface area (TPSA) is 115 Å². The van der Waals surface area contributed by atoms with E-state index < -0.39 is 17.5 Å². The van der Waals surface area contributed by atoms with Gasteiger partial charge in [0.15, 0.2) is 0 Å². The van der Waals surface area contributed by atoms with Crippen molar-refractivity contribution in [1.29, 1.82) is 0 Å². The number of rotatable bonds is 9. The van der Waals surface area contributed by atoms with Crippen molar-refractivity contribution in [3.05, 3.63) is 71.9 Å². The van der Waals surface area contributed by atoms with Crippen molar-refractivity contribution in [1.82, 2.24) is 25.2 Å². The minimum Gasteiger partial charge on any atom is -0.361 e. The lowest BCUT2D eigenvalue weighted by Gasteiger charge is -2.45. The maximum atomic E-state index is 14.1. The maximum Gasteiger partial charge on any atom is 0.245 e. The number of hydrazine groups is 1. The van der Waals surface area contributed by atoms with Gasteiger partial charge in [-0.2, -0.15) is 0 Å². The van der Waals surface area contributed by atoms with Crippen LogP contribution in [0.15, 0.2) is 60.8 Å². The third-order valence-electron chi connectivity index (χ3n) is 7.75. The highest BCUT2D eigenvalue weighted by Crippen LogP contribution is 2.36. The van der Waals surface area contributed by atoms with E-state index in [-0.39, 0.29) is 24.3 Å². The van der Waals surface area contributed by atoms with Gasteiger partial charge in [0, 0.05) is 57.8 Å². The number of hydrogen-bond donors (Lipinski definition) is 3. The van der Waals surface area contributed by atoms with Crippen LogP contribution in [-0.2, 0) is 27.2 Å². The Morgan fingerprint density at radius 3 is 2.46 bits per heavy atom. The quantitative estimate of drug-likeness (QED) is 0.366. The van der Waals surface area contributed by atoms with E-state index in [4.69, 9.17) is 5.73 Å². The fraction of sp³-hybridized carbons (Fsp3) is 0.433. The second-order valence-corrected chi connectivity index (χ2v) is 10.9. The average molecular weight is 533 g/mol. The Labute approximate surface area is 230 Å². The highest BCUT2D eigenvalue weighted by atomic mass is 16.2. The zero-order valence-electron chi connectivity index (χ0n) is 23.3. The monoisotopic (exact) mass is 532 g/mol. The van der Waals surface area contributed by atoms with E-state index in [1.165, 1.54) is 0 Å². The minimum atomic E-state index is -0.808. The van der Waals surface area contributed by atoms with Crippen LogP contribution in [0.25, 0.3) is 10.9 Å². The fourth-order valence-electron chi connectivity index (χ4n) is 5.47. The van der Waals surface area contributed by atoms with Crippen LogP contribution in [0.5, 0.6) is 0 Å². The number of para-hydroxylation sites is 1. The van der Waals surface area contributed by atoms with E-state index in [2.05, 4.69) is 10.3 Å². The van der Waals surface area contributed by atoms with E-state index in [1.54, 1.807) is 28.9 Å². The third-order valence-corrected chi connectivity index (χ3v) is 7.75. The molecule has 0 spiro atoms. The molecule has 4 rings (SSSR count). The van der Waals surface area contributed by atoms with Gasteiger partial charge in [-0.3, -0.25) is 19.4 Å². The van der Waals surface area contributed by atoms with Crippen molar-refractivity contribution in [2.24, 2.45) is 11.1 Å². The summed E-state index contributed by atoms with van der Waals surface area (Å²) < 4.78 is 0. The summed E-state index contributed by atoms with van der Waals surface area (Å²) in [6.45, 7) is 2.40. The Hall–Kier alpha value is -3.69. The van der Waals surface area contributed by atoms with Gasteiger partial charge in [-0.25, -0.2) is 5.01 Å². The van der Waals surface area contributed by atoms with Crippen molar-refractivity contribution in [2.45, 2.75) is 44.7 Å². The number of hydrogen-bond acceptors (Lipinski definition) is 5. The molecule has 1 saturated heterocycles. The van der Waals surface area contributed by atoms with Crippen LogP contribution in [0, 0.1) is 5.41 Å². The Morgan fingerprint density at radius 2 is 1.77 bits per heavy atom. The Kier molecular flexibility index (Phi) is 8.72. The van der Waals surface area contributed by atoms with E-state index in [1.807, 2.05) is 74.9 Å². The Bertz CT molecular complexity index is 1300. The first-order valence-electron chi connectivity index (χ1n) is 13.5. The Morgan fingerprint density at radius 1 is 1.08 bits per heavy atom. The van der Waals surface area contributed by atoms with Gasteiger partial charge in [-0.05, 0) is 43.4 Å². The van der Waals surface area contributed by atoms with E-state index in [0.717, 1.165) is 22.0 Å². The van der Waals surface area contributed by atoms with Crippen molar-refractivity contribution in [3.63, 3.8) is 0 Å². The predicted molar refractivity (Wildman–Crippen MR) is 152 cm³/mol. The number of benzene rings is 2. The molecule has 3 aromatic rings. The fourth-order valence-corrected chi connectivity index (χ4v) is 5.47. The molecule has 1 aliphatic heterocycles. The molecular weight excluding hydrogens is 492 g/mol. The molecule has 1 unspecified atom stereocenters. The molecule has 0 bridgehead atoms. The van der Waals surface area contributed by atoms with Crippen LogP contribution in [0.4, 0.5) is 0 Å². The number of nitrogens with two attached hydrogens (primary N) is 1. The summed E-state index contributed by atoms with van der Waals surface area (Å²) in [5.74, 6) is -0.613. The largest absolute Gasteiger partial charge is 0.361 e. The van der Waals surface area contributed by atoms with E-state index in [9.17, 15) is 14.4 Å². The summed E-state index contributed by atoms with van der Waals surface area (Å²) >= 11 is 0. The zero-order chi connectivity index (χ0) is 28.2. The summed E-state index contributed by atoms with van der Waals surface area (Å²) in [6.07, 6.45) is 4.08. The highest BCUT2D eigenvalue weighted by Gasteiger charge is 2.46. The van der Waals surface area contributed by atoms with Crippen LogP contribution in [0.2, 0.25) is 0 Å². The number of aromatic nitrogens is 1. The lowest BCUT2D eigenvalue weighted by atomic mass is 9.74. The second kappa shape index (κ2) is 12.0. The molecule has 1 aliphatic rings.